The summed E-state index contributed by atoms with van der Waals surface area (Å²) in [6.07, 6.45) is 4.20. The average Bonchev–Trinajstić information content (AvgIpc) is 2.78. The fourth-order valence-electron chi connectivity index (χ4n) is 1.78. The monoisotopic (exact) mass is 223 g/mol. The minimum Gasteiger partial charge on any atom is -0.338 e. The quantitative estimate of drug-likeness (QED) is 0.721. The predicted octanol–water partition coefficient (Wildman–Crippen LogP) is 2.19. The summed E-state index contributed by atoms with van der Waals surface area (Å²) >= 11 is 1.28. The zero-order chi connectivity index (χ0) is 10.7. The molecule has 1 aromatic heterocycles. The molecule has 0 unspecified atom stereocenters. The molecule has 4 heteroatoms. The fraction of sp³-hybridized carbons (Fsp3) is 0.455. The summed E-state index contributed by atoms with van der Waals surface area (Å²) < 4.78 is 0. The first-order chi connectivity index (χ1) is 7.31. The van der Waals surface area contributed by atoms with Crippen LogP contribution in [-0.4, -0.2) is 30.2 Å². The summed E-state index contributed by atoms with van der Waals surface area (Å²) in [5.74, 6) is 0.0767. The second-order valence-electron chi connectivity index (χ2n) is 3.67. The van der Waals surface area contributed by atoms with E-state index in [-0.39, 0.29) is 5.91 Å². The first-order valence-corrected chi connectivity index (χ1v) is 5.97. The first-order valence-electron chi connectivity index (χ1n) is 5.15. The number of piperidine rings is 1. The summed E-state index contributed by atoms with van der Waals surface area (Å²) in [5, 5.41) is 0. The Morgan fingerprint density at radius 1 is 1.27 bits per heavy atom. The maximum atomic E-state index is 11.9. The van der Waals surface area contributed by atoms with E-state index in [0.717, 1.165) is 32.2 Å². The molecule has 2 rings (SSSR count). The van der Waals surface area contributed by atoms with Crippen LogP contribution >= 0.6 is 11.3 Å². The van der Waals surface area contributed by atoms with Crippen LogP contribution in [0.2, 0.25) is 0 Å². The van der Waals surface area contributed by atoms with Gasteiger partial charge in [-0.2, -0.15) is 0 Å². The van der Waals surface area contributed by atoms with Gasteiger partial charge >= 0.3 is 0 Å². The van der Waals surface area contributed by atoms with Gasteiger partial charge in [0.2, 0.25) is 0 Å². The average molecular weight is 223 g/mol. The summed E-state index contributed by atoms with van der Waals surface area (Å²) in [5.41, 5.74) is 0. The third kappa shape index (κ3) is 2.26. The molecule has 0 atom stereocenters. The molecule has 1 aliphatic rings. The molecule has 0 spiro atoms. The Hall–Kier alpha value is -1.16. The second-order valence-corrected chi connectivity index (χ2v) is 4.79. The van der Waals surface area contributed by atoms with Crippen LogP contribution in [-0.2, 0) is 0 Å². The molecule has 0 bridgehead atoms. The van der Waals surface area contributed by atoms with Gasteiger partial charge < -0.3 is 4.90 Å². The molecule has 80 valence electrons. The number of hydrogen-bond acceptors (Lipinski definition) is 3. The molecule has 1 fully saturated rings. The Kier molecular flexibility index (Phi) is 3.16. The van der Waals surface area contributed by atoms with Crippen molar-refractivity contribution < 1.29 is 9.59 Å². The highest BCUT2D eigenvalue weighted by Gasteiger charge is 2.19. The molecule has 0 aromatic carbocycles. The second kappa shape index (κ2) is 4.57. The van der Waals surface area contributed by atoms with E-state index in [4.69, 9.17) is 0 Å². The highest BCUT2D eigenvalue weighted by Crippen LogP contribution is 2.19. The van der Waals surface area contributed by atoms with Crippen LogP contribution in [0, 0.1) is 0 Å². The molecular weight excluding hydrogens is 210 g/mol. The minimum absolute atomic E-state index is 0.0767. The van der Waals surface area contributed by atoms with Crippen molar-refractivity contribution >= 4 is 23.5 Å². The van der Waals surface area contributed by atoms with E-state index in [1.54, 1.807) is 12.1 Å². The molecular formula is C11H13NO2S. The Morgan fingerprint density at radius 3 is 2.60 bits per heavy atom. The fourth-order valence-corrected chi connectivity index (χ4v) is 2.57. The maximum Gasteiger partial charge on any atom is 0.263 e. The third-order valence-corrected chi connectivity index (χ3v) is 3.60. The Balaban J connectivity index is 2.08. The van der Waals surface area contributed by atoms with E-state index in [1.165, 1.54) is 17.8 Å². The molecule has 0 aliphatic carbocycles. The number of carbonyl (C=O) groups is 2. The molecule has 1 saturated heterocycles. The van der Waals surface area contributed by atoms with E-state index in [0.29, 0.717) is 9.75 Å². The van der Waals surface area contributed by atoms with Gasteiger partial charge in [-0.15, -0.1) is 11.3 Å². The minimum atomic E-state index is 0.0767. The SMILES string of the molecule is O=Cc1ccc(C(=O)N2CCCCC2)s1. The Morgan fingerprint density at radius 2 is 2.00 bits per heavy atom. The van der Waals surface area contributed by atoms with Crippen LogP contribution in [0.4, 0.5) is 0 Å². The van der Waals surface area contributed by atoms with E-state index >= 15 is 0 Å². The molecule has 2 heterocycles. The normalized spacial score (nSPS) is 16.4. The maximum absolute atomic E-state index is 11.9. The number of amides is 1. The molecule has 0 radical (unpaired) electrons. The lowest BCUT2D eigenvalue weighted by atomic mass is 10.1. The summed E-state index contributed by atoms with van der Waals surface area (Å²) in [7, 11) is 0. The van der Waals surface area contributed by atoms with Gasteiger partial charge in [0.25, 0.3) is 5.91 Å². The van der Waals surface area contributed by atoms with Crippen molar-refractivity contribution in [1.82, 2.24) is 4.90 Å². The largest absolute Gasteiger partial charge is 0.338 e. The molecule has 0 saturated carbocycles. The van der Waals surface area contributed by atoms with Gasteiger partial charge in [-0.05, 0) is 31.4 Å². The molecule has 0 N–H and O–H groups in total. The van der Waals surface area contributed by atoms with Crippen LogP contribution in [0.3, 0.4) is 0 Å². The van der Waals surface area contributed by atoms with E-state index in [2.05, 4.69) is 0 Å². The lowest BCUT2D eigenvalue weighted by Gasteiger charge is -2.26. The van der Waals surface area contributed by atoms with E-state index < -0.39 is 0 Å². The van der Waals surface area contributed by atoms with Gasteiger partial charge in [0, 0.05) is 13.1 Å². The van der Waals surface area contributed by atoms with Crippen molar-refractivity contribution in [2.45, 2.75) is 19.3 Å². The number of hydrogen-bond donors (Lipinski definition) is 0. The summed E-state index contributed by atoms with van der Waals surface area (Å²) in [6.45, 7) is 1.71. The summed E-state index contributed by atoms with van der Waals surface area (Å²) in [4.78, 5) is 25.6. The molecule has 1 amide bonds. The van der Waals surface area contributed by atoms with Crippen LogP contribution in [0.5, 0.6) is 0 Å². The number of carbonyl (C=O) groups excluding carboxylic acids is 2. The number of nitrogens with zero attached hydrogens (tertiary/aromatic N) is 1. The van der Waals surface area contributed by atoms with Crippen molar-refractivity contribution in [3.05, 3.63) is 21.9 Å². The van der Waals surface area contributed by atoms with Gasteiger partial charge in [-0.3, -0.25) is 9.59 Å². The van der Waals surface area contributed by atoms with Crippen LogP contribution in [0.15, 0.2) is 12.1 Å². The van der Waals surface area contributed by atoms with Crippen molar-refractivity contribution in [2.24, 2.45) is 0 Å². The van der Waals surface area contributed by atoms with E-state index in [1.807, 2.05) is 4.90 Å². The highest BCUT2D eigenvalue weighted by atomic mass is 32.1. The zero-order valence-corrected chi connectivity index (χ0v) is 9.26. The number of thiophene rings is 1. The highest BCUT2D eigenvalue weighted by molar-refractivity contribution is 7.15. The first kappa shape index (κ1) is 10.4. The van der Waals surface area contributed by atoms with Crippen LogP contribution in [0.25, 0.3) is 0 Å². The third-order valence-electron chi connectivity index (χ3n) is 2.60. The van der Waals surface area contributed by atoms with Crippen LogP contribution in [0.1, 0.15) is 38.6 Å². The van der Waals surface area contributed by atoms with Crippen molar-refractivity contribution in [3.8, 4) is 0 Å². The predicted molar refractivity (Wildman–Crippen MR) is 59.5 cm³/mol. The Labute approximate surface area is 92.7 Å². The molecule has 3 nitrogen and oxygen atoms in total. The standard InChI is InChI=1S/C11H13NO2S/c13-8-9-4-5-10(15-9)11(14)12-6-2-1-3-7-12/h4-5,8H,1-3,6-7H2. The smallest absolute Gasteiger partial charge is 0.263 e. The molecule has 15 heavy (non-hydrogen) atoms. The number of rotatable bonds is 2. The van der Waals surface area contributed by atoms with Gasteiger partial charge in [0.15, 0.2) is 6.29 Å². The lowest BCUT2D eigenvalue weighted by molar-refractivity contribution is 0.0729. The van der Waals surface area contributed by atoms with Crippen molar-refractivity contribution in [3.63, 3.8) is 0 Å². The lowest BCUT2D eigenvalue weighted by Crippen LogP contribution is -2.35. The van der Waals surface area contributed by atoms with Crippen molar-refractivity contribution in [1.29, 1.82) is 0 Å². The molecule has 1 aromatic rings. The Bertz CT molecular complexity index is 366. The number of likely N-dealkylation sites (tertiary alicyclic amines) is 1. The van der Waals surface area contributed by atoms with Crippen molar-refractivity contribution in [2.75, 3.05) is 13.1 Å². The molecule has 1 aliphatic heterocycles. The number of aldehydes is 1. The topological polar surface area (TPSA) is 37.4 Å². The zero-order valence-electron chi connectivity index (χ0n) is 8.44. The van der Waals surface area contributed by atoms with Gasteiger partial charge in [-0.25, -0.2) is 0 Å². The summed E-state index contributed by atoms with van der Waals surface area (Å²) in [6, 6.07) is 3.44. The van der Waals surface area contributed by atoms with Gasteiger partial charge in [0.05, 0.1) is 9.75 Å². The van der Waals surface area contributed by atoms with Crippen LogP contribution < -0.4 is 0 Å². The van der Waals surface area contributed by atoms with E-state index in [9.17, 15) is 9.59 Å². The van der Waals surface area contributed by atoms with Gasteiger partial charge in [-0.1, -0.05) is 0 Å². The van der Waals surface area contributed by atoms with Gasteiger partial charge in [0.1, 0.15) is 0 Å².